The highest BCUT2D eigenvalue weighted by Crippen LogP contribution is 2.67. The Hall–Kier alpha value is -1.88. The van der Waals surface area contributed by atoms with Gasteiger partial charge in [0.15, 0.2) is 0 Å². The highest BCUT2D eigenvalue weighted by molar-refractivity contribution is 5.19. The minimum absolute atomic E-state index is 0.0496. The second-order valence-corrected chi connectivity index (χ2v) is 10.3. The third-order valence-electron chi connectivity index (χ3n) is 6.59. The molecule has 0 radical (unpaired) electrons. The van der Waals surface area contributed by atoms with Gasteiger partial charge >= 0.3 is 71.8 Å². The lowest BCUT2D eigenvalue weighted by Gasteiger charge is -2.45. The lowest BCUT2D eigenvalue weighted by atomic mass is 9.85. The number of alkyl halides is 24. The van der Waals surface area contributed by atoms with Crippen LogP contribution in [0.25, 0.3) is 0 Å². The minimum atomic E-state index is -9.53. The van der Waals surface area contributed by atoms with Crippen molar-refractivity contribution in [1.29, 1.82) is 0 Å². The lowest BCUT2D eigenvalue weighted by Crippen LogP contribution is -2.78. The van der Waals surface area contributed by atoms with Crippen LogP contribution in [0.15, 0.2) is 0 Å². The number of hydrogen-bond donors (Lipinski definition) is 0. The molecular formula is C21H16F24O5. The zero-order valence-corrected chi connectivity index (χ0v) is 23.2. The standard InChI is InChI=1S/C21H16F24O5/c22-10(23)11(24,25)12(26,27)13(28,29)14(30,31)15(32,33)16(34,35)17(36,37)18(38,39)19(40,41)20(42,43)21(44,45)50-6-8(48-4-9-5-49-9)2-46-1-7-3-47-7/h7-10H,1-6H2. The van der Waals surface area contributed by atoms with Gasteiger partial charge in [-0.25, -0.2) is 8.78 Å². The molecule has 0 aromatic carbocycles. The van der Waals surface area contributed by atoms with Crippen LogP contribution in [0.2, 0.25) is 0 Å². The summed E-state index contributed by atoms with van der Waals surface area (Å²) in [5.74, 6) is -90.2. The first kappa shape index (κ1) is 44.3. The van der Waals surface area contributed by atoms with Crippen LogP contribution in [0, 0.1) is 0 Å². The van der Waals surface area contributed by atoms with Gasteiger partial charge in [0.2, 0.25) is 0 Å². The first-order chi connectivity index (χ1) is 22.0. The summed E-state index contributed by atoms with van der Waals surface area (Å²) in [4.78, 5) is 0. The SMILES string of the molecule is FC(F)C(F)(F)C(F)(F)C(F)(F)C(F)(F)C(F)(F)C(F)(F)C(F)(F)C(F)(F)C(F)(F)C(F)(F)C(F)(F)OCC(COCC1CO1)OCC1CO1. The Bertz CT molecular complexity index is 1170. The molecule has 0 aliphatic carbocycles. The van der Waals surface area contributed by atoms with E-state index in [0.717, 1.165) is 0 Å². The molecule has 2 rings (SSSR count). The van der Waals surface area contributed by atoms with Gasteiger partial charge in [0.05, 0.1) is 39.6 Å². The lowest BCUT2D eigenvalue weighted by molar-refractivity contribution is -0.486. The van der Waals surface area contributed by atoms with Crippen molar-refractivity contribution in [3.05, 3.63) is 0 Å². The van der Waals surface area contributed by atoms with E-state index < -0.39 is 110 Å². The predicted molar refractivity (Wildman–Crippen MR) is 106 cm³/mol. The summed E-state index contributed by atoms with van der Waals surface area (Å²) < 4.78 is 349. The zero-order chi connectivity index (χ0) is 39.6. The van der Waals surface area contributed by atoms with Gasteiger partial charge in [-0.2, -0.15) is 96.6 Å². The normalized spacial score (nSPS) is 21.5. The minimum Gasteiger partial charge on any atom is -0.376 e. The quantitative estimate of drug-likeness (QED) is 0.0895. The van der Waals surface area contributed by atoms with Crippen LogP contribution in [0.4, 0.5) is 105 Å². The Morgan fingerprint density at radius 2 is 0.780 bits per heavy atom. The molecule has 0 spiro atoms. The maximum Gasteiger partial charge on any atom is 0.426 e. The van der Waals surface area contributed by atoms with E-state index in [1.807, 2.05) is 0 Å². The van der Waals surface area contributed by atoms with Crippen molar-refractivity contribution in [1.82, 2.24) is 0 Å². The maximum absolute atomic E-state index is 14.1. The summed E-state index contributed by atoms with van der Waals surface area (Å²) in [7, 11) is 0. The van der Waals surface area contributed by atoms with Gasteiger partial charge in [-0.3, -0.25) is 0 Å². The van der Waals surface area contributed by atoms with Gasteiger partial charge in [-0.15, -0.1) is 0 Å². The Morgan fingerprint density at radius 1 is 0.460 bits per heavy atom. The third-order valence-corrected chi connectivity index (χ3v) is 6.59. The zero-order valence-electron chi connectivity index (χ0n) is 23.2. The van der Waals surface area contributed by atoms with Gasteiger partial charge in [0, 0.05) is 0 Å². The topological polar surface area (TPSA) is 52.8 Å². The van der Waals surface area contributed by atoms with E-state index in [-0.39, 0.29) is 19.8 Å². The number of halogens is 24. The smallest absolute Gasteiger partial charge is 0.376 e. The molecule has 2 heterocycles. The summed E-state index contributed by atoms with van der Waals surface area (Å²) in [6.45, 7) is -4.11. The number of hydrogen-bond acceptors (Lipinski definition) is 5. The van der Waals surface area contributed by atoms with Crippen LogP contribution in [0.5, 0.6) is 0 Å². The van der Waals surface area contributed by atoms with Gasteiger partial charge in [0.1, 0.15) is 18.3 Å². The molecule has 0 bridgehead atoms. The molecule has 0 saturated carbocycles. The van der Waals surface area contributed by atoms with E-state index in [9.17, 15) is 105 Å². The fourth-order valence-electron chi connectivity index (χ4n) is 3.24. The summed E-state index contributed by atoms with van der Waals surface area (Å²) in [5, 5.41) is 0. The van der Waals surface area contributed by atoms with Crippen molar-refractivity contribution in [2.45, 2.75) is 90.1 Å². The van der Waals surface area contributed by atoms with Crippen LogP contribution in [0.1, 0.15) is 0 Å². The van der Waals surface area contributed by atoms with Crippen molar-refractivity contribution >= 4 is 0 Å². The molecule has 50 heavy (non-hydrogen) atoms. The predicted octanol–water partition coefficient (Wildman–Crippen LogP) is 7.41. The van der Waals surface area contributed by atoms with E-state index in [2.05, 4.69) is 14.2 Å². The number of rotatable bonds is 21. The van der Waals surface area contributed by atoms with E-state index >= 15 is 0 Å². The first-order valence-electron chi connectivity index (χ1n) is 12.5. The average molecular weight is 804 g/mol. The fraction of sp³-hybridized carbons (Fsp3) is 1.00. The maximum atomic E-state index is 14.1. The molecule has 0 aromatic heterocycles. The third kappa shape index (κ3) is 6.84. The molecule has 2 aliphatic rings. The van der Waals surface area contributed by atoms with E-state index in [4.69, 9.17) is 9.47 Å². The van der Waals surface area contributed by atoms with Crippen molar-refractivity contribution in [3.63, 3.8) is 0 Å². The van der Waals surface area contributed by atoms with Crippen molar-refractivity contribution < 1.29 is 129 Å². The fourth-order valence-corrected chi connectivity index (χ4v) is 3.24. The molecule has 2 aliphatic heterocycles. The highest BCUT2D eigenvalue weighted by Gasteiger charge is 2.99. The molecule has 0 N–H and O–H groups in total. The summed E-state index contributed by atoms with van der Waals surface area (Å²) in [6.07, 6.45) is -17.0. The molecule has 3 unspecified atom stereocenters. The van der Waals surface area contributed by atoms with E-state index in [0.29, 0.717) is 0 Å². The Morgan fingerprint density at radius 3 is 1.12 bits per heavy atom. The largest absolute Gasteiger partial charge is 0.426 e. The summed E-state index contributed by atoms with van der Waals surface area (Å²) in [5.41, 5.74) is 0. The van der Waals surface area contributed by atoms with Crippen LogP contribution in [0.3, 0.4) is 0 Å². The summed E-state index contributed by atoms with van der Waals surface area (Å²) in [6, 6.07) is 0. The van der Waals surface area contributed by atoms with Crippen LogP contribution < -0.4 is 0 Å². The molecule has 5 nitrogen and oxygen atoms in total. The second-order valence-electron chi connectivity index (χ2n) is 10.3. The molecule has 3 atom stereocenters. The van der Waals surface area contributed by atoms with Crippen molar-refractivity contribution in [3.8, 4) is 0 Å². The van der Waals surface area contributed by atoms with Gasteiger partial charge in [-0.05, 0) is 0 Å². The second kappa shape index (κ2) is 13.2. The Kier molecular flexibility index (Phi) is 11.7. The molecule has 298 valence electrons. The Labute approximate surface area is 260 Å². The van der Waals surface area contributed by atoms with Crippen molar-refractivity contribution in [2.75, 3.05) is 39.6 Å². The van der Waals surface area contributed by atoms with Crippen LogP contribution in [-0.2, 0) is 23.7 Å². The summed E-state index contributed by atoms with van der Waals surface area (Å²) >= 11 is 0. The van der Waals surface area contributed by atoms with Gasteiger partial charge < -0.3 is 23.7 Å². The Balaban J connectivity index is 2.46. The van der Waals surface area contributed by atoms with E-state index in [1.54, 1.807) is 0 Å². The van der Waals surface area contributed by atoms with Crippen molar-refractivity contribution in [2.24, 2.45) is 0 Å². The van der Waals surface area contributed by atoms with Gasteiger partial charge in [0.25, 0.3) is 0 Å². The van der Waals surface area contributed by atoms with Crippen LogP contribution in [-0.4, -0.2) is 130 Å². The monoisotopic (exact) mass is 804 g/mol. The first-order valence-corrected chi connectivity index (χ1v) is 12.5. The molecule has 0 aromatic rings. The average Bonchev–Trinajstić information content (AvgIpc) is 3.89. The van der Waals surface area contributed by atoms with Gasteiger partial charge in [-0.1, -0.05) is 0 Å². The van der Waals surface area contributed by atoms with Crippen LogP contribution >= 0.6 is 0 Å². The molecule has 29 heteroatoms. The molecule has 0 amide bonds. The molecule has 2 fully saturated rings. The molecule has 2 saturated heterocycles. The highest BCUT2D eigenvalue weighted by atomic mass is 19.4. The number of epoxide rings is 2. The van der Waals surface area contributed by atoms with E-state index in [1.165, 1.54) is 0 Å². The number of ether oxygens (including phenoxy) is 5. The molecular weight excluding hydrogens is 788 g/mol.